The number of benzene rings is 7. The van der Waals surface area contributed by atoms with Gasteiger partial charge in [-0.3, -0.25) is 28.8 Å². The number of carbonyl (C=O) groups is 6. The zero-order chi connectivity index (χ0) is 49.7. The first-order valence-electron chi connectivity index (χ1n) is 24.3. The Bertz CT molecular complexity index is 3250. The van der Waals surface area contributed by atoms with Gasteiger partial charge in [-0.15, -0.1) is 0 Å². The molecule has 10 bridgehead atoms. The molecule has 0 saturated carbocycles. The van der Waals surface area contributed by atoms with Crippen molar-refractivity contribution >= 4 is 67.9 Å². The van der Waals surface area contributed by atoms with Gasteiger partial charge < -0.3 is 26.0 Å². The van der Waals surface area contributed by atoms with Crippen molar-refractivity contribution in [3.8, 4) is 0 Å². The van der Waals surface area contributed by atoms with E-state index >= 15 is 0 Å². The molecule has 4 amide bonds. The third kappa shape index (κ3) is 7.75. The number of allylic oxidation sites excluding steroid dienone is 2. The van der Waals surface area contributed by atoms with Crippen LogP contribution in [0.2, 0.25) is 0 Å². The van der Waals surface area contributed by atoms with Gasteiger partial charge in [0.1, 0.15) is 0 Å². The maximum absolute atomic E-state index is 14.6. The van der Waals surface area contributed by atoms with Crippen LogP contribution in [0.3, 0.4) is 0 Å². The normalized spacial score (nSPS) is 20.4. The summed E-state index contributed by atoms with van der Waals surface area (Å²) in [7, 11) is 0. The molecule has 4 atom stereocenters. The van der Waals surface area contributed by atoms with E-state index in [4.69, 9.17) is 4.74 Å². The second-order valence-corrected chi connectivity index (χ2v) is 21.4. The average molecular weight is 943 g/mol. The topological polar surface area (TPSA) is 160 Å². The Kier molecular flexibility index (Phi) is 10.8. The van der Waals surface area contributed by atoms with Crippen molar-refractivity contribution in [1.29, 1.82) is 0 Å². The predicted molar refractivity (Wildman–Crippen MR) is 273 cm³/mol. The Morgan fingerprint density at radius 2 is 0.662 bits per heavy atom. The van der Waals surface area contributed by atoms with Crippen LogP contribution >= 0.6 is 0 Å². The lowest BCUT2D eigenvalue weighted by Gasteiger charge is -2.42. The Morgan fingerprint density at radius 3 is 0.944 bits per heavy atom. The first-order chi connectivity index (χ1) is 34.0. The second-order valence-electron chi connectivity index (χ2n) is 21.4. The van der Waals surface area contributed by atoms with E-state index in [-0.39, 0.29) is 49.8 Å². The molecule has 7 aromatic rings. The van der Waals surface area contributed by atoms with Gasteiger partial charge in [0, 0.05) is 60.3 Å². The number of amides is 4. The lowest BCUT2D eigenvalue weighted by molar-refractivity contribution is -0.153. The molecule has 11 nitrogen and oxygen atoms in total. The summed E-state index contributed by atoms with van der Waals surface area (Å²) in [6.07, 6.45) is 3.94. The van der Waals surface area contributed by atoms with Crippen molar-refractivity contribution in [3.05, 3.63) is 188 Å². The summed E-state index contributed by atoms with van der Waals surface area (Å²) >= 11 is 0. The fourth-order valence-electron chi connectivity index (χ4n) is 11.5. The fourth-order valence-corrected chi connectivity index (χ4v) is 11.5. The lowest BCUT2D eigenvalue weighted by atomic mass is 9.58. The van der Waals surface area contributed by atoms with Gasteiger partial charge >= 0.3 is 11.9 Å². The molecule has 2 heterocycles. The van der Waals surface area contributed by atoms with E-state index in [9.17, 15) is 28.8 Å². The molecule has 0 aromatic heterocycles. The highest BCUT2D eigenvalue weighted by Gasteiger charge is 2.58. The van der Waals surface area contributed by atoms with E-state index in [1.54, 1.807) is 12.1 Å². The van der Waals surface area contributed by atoms with Crippen molar-refractivity contribution in [2.45, 2.75) is 90.4 Å². The molecule has 71 heavy (non-hydrogen) atoms. The molecular formula is C60H54N4O7. The van der Waals surface area contributed by atoms with Gasteiger partial charge in [0.25, 0.3) is 23.6 Å². The Hall–Kier alpha value is -7.92. The highest BCUT2D eigenvalue weighted by molar-refractivity contribution is 6.08. The zero-order valence-corrected chi connectivity index (χ0v) is 40.5. The van der Waals surface area contributed by atoms with Crippen LogP contribution in [0.4, 0.5) is 0 Å². The first-order valence-corrected chi connectivity index (χ1v) is 24.3. The third-order valence-electron chi connectivity index (χ3n) is 15.1. The monoisotopic (exact) mass is 942 g/mol. The van der Waals surface area contributed by atoms with Gasteiger partial charge in [-0.05, 0) is 124 Å². The molecule has 3 aliphatic carbocycles. The van der Waals surface area contributed by atoms with Gasteiger partial charge in [0.15, 0.2) is 0 Å². The molecule has 0 radical (unpaired) electrons. The molecule has 5 aliphatic rings. The summed E-state index contributed by atoms with van der Waals surface area (Å²) in [6, 6.07) is 34.3. The third-order valence-corrected chi connectivity index (χ3v) is 15.1. The highest BCUT2D eigenvalue weighted by atomic mass is 16.6. The molecule has 11 heteroatoms. The summed E-state index contributed by atoms with van der Waals surface area (Å²) in [5, 5.41) is 18.1. The van der Waals surface area contributed by atoms with E-state index < -0.39 is 46.4 Å². The van der Waals surface area contributed by atoms with Gasteiger partial charge in [0.05, 0.1) is 11.8 Å². The maximum atomic E-state index is 14.6. The van der Waals surface area contributed by atoms with Crippen LogP contribution < -0.4 is 21.3 Å². The van der Waals surface area contributed by atoms with E-state index in [0.717, 1.165) is 76.8 Å². The Labute approximate surface area is 411 Å². The summed E-state index contributed by atoms with van der Waals surface area (Å²) < 4.78 is 5.32. The van der Waals surface area contributed by atoms with Crippen LogP contribution in [0.5, 0.6) is 0 Å². The Balaban J connectivity index is 1.08. The minimum absolute atomic E-state index is 0.0631. The van der Waals surface area contributed by atoms with Crippen LogP contribution in [-0.2, 0) is 51.3 Å². The number of esters is 2. The number of ether oxygens (including phenoxy) is 1. The van der Waals surface area contributed by atoms with Crippen molar-refractivity contribution in [1.82, 2.24) is 21.3 Å². The number of fused-ring (bicyclic) bond motifs is 10. The Morgan fingerprint density at radius 1 is 0.394 bits per heavy atom. The van der Waals surface area contributed by atoms with Gasteiger partial charge in [-0.1, -0.05) is 126 Å². The molecule has 1 saturated heterocycles. The standard InChI is InChI=1S/C60H54N4O7/c1-59(2,3)35-23-31-21-33(25-35)55(67)63-29-47-41-17-11-12-18-42(41)48(50-44-20-19-43(49(47)50)51-52(44)58(70)71-57(51)69)30-64-56(68)34-22-32(24-36(26-34)60(4,5)6)54(66)62-28-46-39-15-9-7-13-37(39)45(27-61-53(31)65)38-14-8-10-16-40(38)46/h7-26,43-44,51-52H,27-30H2,1-6H3,(H,61,65)(H,62,66)(H,63,67)(H,64,68)/t43-,44+,51+,52-. The van der Waals surface area contributed by atoms with E-state index in [0.29, 0.717) is 22.3 Å². The summed E-state index contributed by atoms with van der Waals surface area (Å²) in [4.78, 5) is 85.1. The molecular weight excluding hydrogens is 889 g/mol. The summed E-state index contributed by atoms with van der Waals surface area (Å²) in [6.45, 7) is 12.7. The fraction of sp³-hybridized carbons (Fsp3) is 0.267. The largest absolute Gasteiger partial charge is 0.393 e. The van der Waals surface area contributed by atoms with Crippen molar-refractivity contribution < 1.29 is 33.5 Å². The maximum Gasteiger partial charge on any atom is 0.318 e. The van der Waals surface area contributed by atoms with E-state index in [1.807, 2.05) is 151 Å². The molecule has 7 aromatic carbocycles. The number of carbonyl (C=O) groups excluding carboxylic acids is 6. The quantitative estimate of drug-likeness (QED) is 0.0510. The minimum atomic E-state index is -0.744. The van der Waals surface area contributed by atoms with Crippen LogP contribution in [0.15, 0.2) is 121 Å². The number of rotatable bonds is 0. The molecule has 4 N–H and O–H groups in total. The first kappa shape index (κ1) is 45.5. The van der Waals surface area contributed by atoms with Gasteiger partial charge in [-0.25, -0.2) is 0 Å². The minimum Gasteiger partial charge on any atom is -0.393 e. The molecule has 0 unspecified atom stereocenters. The second kappa shape index (κ2) is 16.9. The number of nitrogens with one attached hydrogen (secondary N) is 4. The lowest BCUT2D eigenvalue weighted by Crippen LogP contribution is -2.39. The van der Waals surface area contributed by atoms with Crippen LogP contribution in [-0.4, -0.2) is 35.6 Å². The highest BCUT2D eigenvalue weighted by Crippen LogP contribution is 2.58. The van der Waals surface area contributed by atoms with E-state index in [2.05, 4.69) is 21.3 Å². The van der Waals surface area contributed by atoms with Crippen LogP contribution in [0.25, 0.3) is 32.3 Å². The van der Waals surface area contributed by atoms with E-state index in [1.165, 1.54) is 0 Å². The van der Waals surface area contributed by atoms with Crippen molar-refractivity contribution in [2.24, 2.45) is 11.8 Å². The van der Waals surface area contributed by atoms with Gasteiger partial charge in [-0.2, -0.15) is 0 Å². The molecule has 2 aliphatic heterocycles. The van der Waals surface area contributed by atoms with Crippen LogP contribution in [0.1, 0.15) is 139 Å². The molecule has 356 valence electrons. The molecule has 12 rings (SSSR count). The number of hydrogen-bond donors (Lipinski definition) is 4. The molecule has 0 spiro atoms. The number of cyclic esters (lactones) is 2. The smallest absolute Gasteiger partial charge is 0.318 e. The zero-order valence-electron chi connectivity index (χ0n) is 40.5. The average Bonchev–Trinajstić information content (AvgIpc) is 3.68. The predicted octanol–water partition coefficient (Wildman–Crippen LogP) is 9.84. The SMILES string of the molecule is CC(C)(C)c1cc2cc(c1)C(=O)NCc1c3ccccc3c(c3ccccc13)CNC(=O)c1cc(cc(C(C)(C)C)c1)C(=O)NCc1c3c(c(c4ccccc14)CNC2=O)[C@H]1C=C[C@@H]3[C@H]2C(=O)OC(=O)[C@H]21. The van der Waals surface area contributed by atoms with Crippen molar-refractivity contribution in [3.63, 3.8) is 0 Å². The number of hydrogen-bond acceptors (Lipinski definition) is 7. The van der Waals surface area contributed by atoms with Crippen LogP contribution in [0, 0.1) is 11.8 Å². The van der Waals surface area contributed by atoms with Gasteiger partial charge in [0.2, 0.25) is 0 Å². The summed E-state index contributed by atoms with van der Waals surface area (Å²) in [5.74, 6) is -5.16. The molecule has 1 fully saturated rings. The van der Waals surface area contributed by atoms with Crippen molar-refractivity contribution in [2.75, 3.05) is 0 Å². The summed E-state index contributed by atoms with van der Waals surface area (Å²) in [5.41, 5.74) is 7.10.